The number of hydrogen-bond donors (Lipinski definition) is 1. The summed E-state index contributed by atoms with van der Waals surface area (Å²) in [6.07, 6.45) is 0.948. The molecule has 1 aromatic rings. The number of nitrogens with zero attached hydrogens (tertiary/aromatic N) is 2. The van der Waals surface area contributed by atoms with Crippen molar-refractivity contribution in [3.63, 3.8) is 0 Å². The molecule has 2 aliphatic heterocycles. The minimum atomic E-state index is -0.332. The lowest BCUT2D eigenvalue weighted by Gasteiger charge is -2.28. The Morgan fingerprint density at radius 3 is 2.75 bits per heavy atom. The molecule has 0 radical (unpaired) electrons. The first kappa shape index (κ1) is 17.3. The molecule has 0 spiro atoms. The molecular weight excluding hydrogens is 309 g/mol. The van der Waals surface area contributed by atoms with Crippen LogP contribution in [0, 0.1) is 12.7 Å². The Hall–Kier alpha value is -1.50. The number of likely N-dealkylation sites (tertiary alicyclic amines) is 1. The summed E-state index contributed by atoms with van der Waals surface area (Å²) < 4.78 is 19.0. The van der Waals surface area contributed by atoms with E-state index in [2.05, 4.69) is 15.1 Å². The molecule has 5 nitrogen and oxygen atoms in total. The molecule has 1 atom stereocenters. The van der Waals surface area contributed by atoms with E-state index in [9.17, 15) is 9.18 Å². The molecule has 2 saturated heterocycles. The van der Waals surface area contributed by atoms with Gasteiger partial charge in [-0.15, -0.1) is 0 Å². The molecule has 0 saturated carbocycles. The molecule has 132 valence electrons. The first-order valence-electron chi connectivity index (χ1n) is 8.71. The van der Waals surface area contributed by atoms with Crippen molar-refractivity contribution in [2.45, 2.75) is 19.4 Å². The van der Waals surface area contributed by atoms with Crippen LogP contribution in [0.1, 0.15) is 22.3 Å². The molecule has 0 aliphatic carbocycles. The van der Waals surface area contributed by atoms with Crippen LogP contribution in [-0.4, -0.2) is 74.2 Å². The van der Waals surface area contributed by atoms with E-state index in [-0.39, 0.29) is 17.8 Å². The van der Waals surface area contributed by atoms with Crippen LogP contribution in [0.3, 0.4) is 0 Å². The third-order valence-corrected chi connectivity index (χ3v) is 4.88. The second kappa shape index (κ2) is 8.05. The summed E-state index contributed by atoms with van der Waals surface area (Å²) in [6.45, 7) is 9.29. The zero-order valence-corrected chi connectivity index (χ0v) is 14.3. The van der Waals surface area contributed by atoms with Gasteiger partial charge in [0.05, 0.1) is 13.2 Å². The van der Waals surface area contributed by atoms with Crippen molar-refractivity contribution in [1.29, 1.82) is 0 Å². The number of morpholine rings is 1. The predicted octanol–water partition coefficient (Wildman–Crippen LogP) is 1.27. The minimum absolute atomic E-state index is 0.145. The summed E-state index contributed by atoms with van der Waals surface area (Å²) in [6, 6.07) is 4.79. The van der Waals surface area contributed by atoms with Crippen LogP contribution in [0.15, 0.2) is 18.2 Å². The second-order valence-electron chi connectivity index (χ2n) is 6.68. The van der Waals surface area contributed by atoms with Crippen molar-refractivity contribution >= 4 is 5.91 Å². The normalized spacial score (nSPS) is 22.7. The highest BCUT2D eigenvalue weighted by atomic mass is 19.1. The molecule has 2 fully saturated rings. The van der Waals surface area contributed by atoms with E-state index in [1.807, 2.05) is 0 Å². The first-order valence-corrected chi connectivity index (χ1v) is 8.71. The number of carbonyl (C=O) groups excluding carboxylic acids is 1. The summed E-state index contributed by atoms with van der Waals surface area (Å²) in [5, 5.41) is 3.03. The quantitative estimate of drug-likeness (QED) is 0.880. The maximum Gasteiger partial charge on any atom is 0.251 e. The van der Waals surface area contributed by atoms with Gasteiger partial charge in [-0.05, 0) is 31.0 Å². The fraction of sp³-hybridized carbons (Fsp3) is 0.611. The number of amides is 1. The van der Waals surface area contributed by atoms with Crippen LogP contribution in [0.25, 0.3) is 0 Å². The van der Waals surface area contributed by atoms with Crippen LogP contribution < -0.4 is 5.32 Å². The molecule has 1 aromatic carbocycles. The van der Waals surface area contributed by atoms with E-state index in [4.69, 9.17) is 4.74 Å². The Morgan fingerprint density at radius 1 is 1.25 bits per heavy atom. The third-order valence-electron chi connectivity index (χ3n) is 4.88. The lowest BCUT2D eigenvalue weighted by Crippen LogP contribution is -2.42. The summed E-state index contributed by atoms with van der Waals surface area (Å²) >= 11 is 0. The van der Waals surface area contributed by atoms with Crippen molar-refractivity contribution in [2.75, 3.05) is 52.5 Å². The van der Waals surface area contributed by atoms with Crippen molar-refractivity contribution in [3.8, 4) is 0 Å². The SMILES string of the molecule is Cc1ccc(C(=O)NC2CCN(CCN3CCOCC3)C2)cc1F. The van der Waals surface area contributed by atoms with Crippen LogP contribution >= 0.6 is 0 Å². The van der Waals surface area contributed by atoms with Gasteiger partial charge in [-0.2, -0.15) is 0 Å². The van der Waals surface area contributed by atoms with Gasteiger partial charge in [0, 0.05) is 50.9 Å². The van der Waals surface area contributed by atoms with Crippen molar-refractivity contribution in [2.24, 2.45) is 0 Å². The molecule has 0 aromatic heterocycles. The summed E-state index contributed by atoms with van der Waals surface area (Å²) in [5.74, 6) is -0.518. The predicted molar refractivity (Wildman–Crippen MR) is 90.7 cm³/mol. The number of nitrogens with one attached hydrogen (secondary N) is 1. The van der Waals surface area contributed by atoms with Crippen LogP contribution in [-0.2, 0) is 4.74 Å². The maximum absolute atomic E-state index is 13.6. The van der Waals surface area contributed by atoms with E-state index in [0.29, 0.717) is 11.1 Å². The molecule has 0 bridgehead atoms. The number of carbonyl (C=O) groups is 1. The fourth-order valence-electron chi connectivity index (χ4n) is 3.26. The summed E-state index contributed by atoms with van der Waals surface area (Å²) in [4.78, 5) is 17.1. The standard InChI is InChI=1S/C18H26FN3O2/c1-14-2-3-15(12-17(14)19)18(23)20-16-4-5-22(13-16)7-6-21-8-10-24-11-9-21/h2-3,12,16H,4-11,13H2,1H3,(H,20,23). The van der Waals surface area contributed by atoms with E-state index in [1.165, 1.54) is 6.07 Å². The summed E-state index contributed by atoms with van der Waals surface area (Å²) in [7, 11) is 0. The van der Waals surface area contributed by atoms with Gasteiger partial charge in [0.2, 0.25) is 0 Å². The maximum atomic E-state index is 13.6. The van der Waals surface area contributed by atoms with E-state index in [0.717, 1.165) is 58.9 Å². The molecule has 1 unspecified atom stereocenters. The van der Waals surface area contributed by atoms with Crippen molar-refractivity contribution < 1.29 is 13.9 Å². The van der Waals surface area contributed by atoms with E-state index in [1.54, 1.807) is 19.1 Å². The third kappa shape index (κ3) is 4.53. The molecule has 1 amide bonds. The molecule has 2 heterocycles. The topological polar surface area (TPSA) is 44.8 Å². The molecule has 3 rings (SSSR count). The van der Waals surface area contributed by atoms with Gasteiger partial charge in [0.1, 0.15) is 5.82 Å². The Morgan fingerprint density at radius 2 is 2.00 bits per heavy atom. The van der Waals surface area contributed by atoms with Crippen molar-refractivity contribution in [1.82, 2.24) is 15.1 Å². The first-order chi connectivity index (χ1) is 11.6. The van der Waals surface area contributed by atoms with Gasteiger partial charge in [-0.25, -0.2) is 4.39 Å². The lowest BCUT2D eigenvalue weighted by atomic mass is 10.1. The number of halogens is 1. The van der Waals surface area contributed by atoms with Gasteiger partial charge < -0.3 is 10.1 Å². The monoisotopic (exact) mass is 335 g/mol. The van der Waals surface area contributed by atoms with E-state index >= 15 is 0 Å². The van der Waals surface area contributed by atoms with Gasteiger partial charge in [0.25, 0.3) is 5.91 Å². The van der Waals surface area contributed by atoms with Gasteiger partial charge >= 0.3 is 0 Å². The van der Waals surface area contributed by atoms with Gasteiger partial charge in [-0.3, -0.25) is 14.6 Å². The Kier molecular flexibility index (Phi) is 5.81. The van der Waals surface area contributed by atoms with Crippen LogP contribution in [0.2, 0.25) is 0 Å². The number of rotatable bonds is 5. The Balaban J connectivity index is 1.43. The fourth-order valence-corrected chi connectivity index (χ4v) is 3.26. The number of hydrogen-bond acceptors (Lipinski definition) is 4. The smallest absolute Gasteiger partial charge is 0.251 e. The number of benzene rings is 1. The zero-order valence-electron chi connectivity index (χ0n) is 14.3. The lowest BCUT2D eigenvalue weighted by molar-refractivity contribution is 0.0343. The second-order valence-corrected chi connectivity index (χ2v) is 6.68. The van der Waals surface area contributed by atoms with Gasteiger partial charge in [-0.1, -0.05) is 6.07 Å². The average Bonchev–Trinajstić information content (AvgIpc) is 3.04. The molecule has 6 heteroatoms. The molecule has 2 aliphatic rings. The number of aryl methyl sites for hydroxylation is 1. The zero-order chi connectivity index (χ0) is 16.9. The Labute approximate surface area is 142 Å². The molecule has 24 heavy (non-hydrogen) atoms. The highest BCUT2D eigenvalue weighted by Crippen LogP contribution is 2.12. The largest absolute Gasteiger partial charge is 0.379 e. The Bertz CT molecular complexity index is 575. The van der Waals surface area contributed by atoms with Crippen LogP contribution in [0.4, 0.5) is 4.39 Å². The van der Waals surface area contributed by atoms with Gasteiger partial charge in [0.15, 0.2) is 0 Å². The highest BCUT2D eigenvalue weighted by molar-refractivity contribution is 5.94. The molecular formula is C18H26FN3O2. The van der Waals surface area contributed by atoms with Crippen LogP contribution in [0.5, 0.6) is 0 Å². The number of ether oxygens (including phenoxy) is 1. The average molecular weight is 335 g/mol. The molecule has 1 N–H and O–H groups in total. The highest BCUT2D eigenvalue weighted by Gasteiger charge is 2.24. The summed E-state index contributed by atoms with van der Waals surface area (Å²) in [5.41, 5.74) is 0.951. The minimum Gasteiger partial charge on any atom is -0.379 e. The van der Waals surface area contributed by atoms with E-state index < -0.39 is 0 Å². The van der Waals surface area contributed by atoms with Crippen molar-refractivity contribution in [3.05, 3.63) is 35.1 Å².